The van der Waals surface area contributed by atoms with Crippen LogP contribution in [0, 0.1) is 24.2 Å². The molecule has 2 heterocycles. The third kappa shape index (κ3) is 5.77. The van der Waals surface area contributed by atoms with Gasteiger partial charge in [0.25, 0.3) is 5.91 Å². The first-order chi connectivity index (χ1) is 17.3. The molecule has 0 bridgehead atoms. The van der Waals surface area contributed by atoms with Crippen molar-refractivity contribution >= 4 is 27.9 Å². The van der Waals surface area contributed by atoms with Crippen molar-refractivity contribution in [3.63, 3.8) is 0 Å². The molecule has 1 N–H and O–H groups in total. The summed E-state index contributed by atoms with van der Waals surface area (Å²) in [6, 6.07) is 11.9. The highest BCUT2D eigenvalue weighted by atomic mass is 32.2. The molecule has 1 aliphatic rings. The van der Waals surface area contributed by atoms with E-state index in [0.717, 1.165) is 36.0 Å². The van der Waals surface area contributed by atoms with Crippen molar-refractivity contribution in [3.8, 4) is 17.4 Å². The van der Waals surface area contributed by atoms with Crippen molar-refractivity contribution < 1.29 is 17.6 Å². The molecule has 36 heavy (non-hydrogen) atoms. The average Bonchev–Trinajstić information content (AvgIpc) is 3.63. The molecule has 4 rings (SSSR count). The second-order valence-electron chi connectivity index (χ2n) is 9.64. The van der Waals surface area contributed by atoms with E-state index < -0.39 is 10.9 Å². The molecule has 190 valence electrons. The summed E-state index contributed by atoms with van der Waals surface area (Å²) < 4.78 is 31.7. The van der Waals surface area contributed by atoms with E-state index in [4.69, 9.17) is 14.7 Å². The van der Waals surface area contributed by atoms with Gasteiger partial charge in [-0.1, -0.05) is 36.8 Å². The van der Waals surface area contributed by atoms with Crippen molar-refractivity contribution in [2.24, 2.45) is 5.92 Å². The number of carbonyl (C=O) groups excluding carboxylic acids is 1. The minimum Gasteiger partial charge on any atom is -0.437 e. The maximum atomic E-state index is 12.9. The van der Waals surface area contributed by atoms with Crippen molar-refractivity contribution in [2.45, 2.75) is 58.4 Å². The maximum absolute atomic E-state index is 12.9. The van der Waals surface area contributed by atoms with Gasteiger partial charge in [-0.15, -0.1) is 0 Å². The van der Waals surface area contributed by atoms with E-state index >= 15 is 0 Å². The molecule has 1 aliphatic carbocycles. The number of pyridine rings is 1. The molecule has 0 spiro atoms. The standard InChI is InChI=1S/C27H32N4O4S/c1-17(12-13-28)5-4-14-31(36(33)34)16-23-21(19-10-11-19)15-22-24(26(32)29-3)25(35-27(22)30-23)20-8-6-18(2)7-9-20/h6-9,15,17,19,36H,4-5,10-12,14,16H2,1-3H3,(H,29,32). The first-order valence-electron chi connectivity index (χ1n) is 12.3. The van der Waals surface area contributed by atoms with Crippen molar-refractivity contribution in [2.75, 3.05) is 13.6 Å². The van der Waals surface area contributed by atoms with Gasteiger partial charge in [-0.2, -0.15) is 9.57 Å². The van der Waals surface area contributed by atoms with Gasteiger partial charge in [0.1, 0.15) is 5.76 Å². The van der Waals surface area contributed by atoms with Gasteiger partial charge < -0.3 is 9.73 Å². The minimum atomic E-state index is -2.80. The molecule has 1 aromatic carbocycles. The van der Waals surface area contributed by atoms with Crippen LogP contribution in [0.2, 0.25) is 0 Å². The number of carbonyl (C=O) groups is 1. The number of nitriles is 1. The van der Waals surface area contributed by atoms with E-state index in [1.807, 2.05) is 44.2 Å². The quantitative estimate of drug-likeness (QED) is 0.363. The Balaban J connectivity index is 1.72. The van der Waals surface area contributed by atoms with Gasteiger partial charge in [-0.05, 0) is 56.1 Å². The predicted molar refractivity (Wildman–Crippen MR) is 139 cm³/mol. The van der Waals surface area contributed by atoms with Crippen molar-refractivity contribution in [1.29, 1.82) is 5.26 Å². The topological polar surface area (TPSA) is 116 Å². The molecule has 3 aromatic rings. The third-order valence-corrected chi connectivity index (χ3v) is 7.50. The lowest BCUT2D eigenvalue weighted by molar-refractivity contribution is 0.0964. The molecule has 0 saturated heterocycles. The lowest BCUT2D eigenvalue weighted by atomic mass is 10.0. The van der Waals surface area contributed by atoms with Crippen molar-refractivity contribution in [3.05, 3.63) is 52.7 Å². The number of aromatic nitrogens is 1. The first kappa shape index (κ1) is 25.9. The number of furan rings is 1. The number of fused-ring (bicyclic) bond motifs is 1. The second-order valence-corrected chi connectivity index (χ2v) is 10.7. The highest BCUT2D eigenvalue weighted by molar-refractivity contribution is 7.69. The molecule has 1 saturated carbocycles. The van der Waals surface area contributed by atoms with Gasteiger partial charge in [-0.25, -0.2) is 13.4 Å². The van der Waals surface area contributed by atoms with Crippen LogP contribution in [0.25, 0.3) is 22.4 Å². The number of rotatable bonds is 11. The summed E-state index contributed by atoms with van der Waals surface area (Å²) in [5.41, 5.74) is 4.29. The Morgan fingerprint density at radius 3 is 2.64 bits per heavy atom. The van der Waals surface area contributed by atoms with Crippen LogP contribution < -0.4 is 5.32 Å². The van der Waals surface area contributed by atoms with E-state index in [2.05, 4.69) is 11.4 Å². The molecule has 9 heteroatoms. The number of nitrogens with zero attached hydrogens (tertiary/aromatic N) is 3. The Bertz CT molecular complexity index is 1360. The van der Waals surface area contributed by atoms with Gasteiger partial charge >= 0.3 is 0 Å². The molecular formula is C27H32N4O4S. The lowest BCUT2D eigenvalue weighted by Crippen LogP contribution is -2.24. The van der Waals surface area contributed by atoms with Crippen LogP contribution in [0.15, 0.2) is 34.7 Å². The summed E-state index contributed by atoms with van der Waals surface area (Å²) >= 11 is 0. The minimum absolute atomic E-state index is 0.156. The fourth-order valence-electron chi connectivity index (χ4n) is 4.48. The number of hydrogen-bond donors (Lipinski definition) is 2. The summed E-state index contributed by atoms with van der Waals surface area (Å²) in [5.74, 6) is 0.726. The van der Waals surface area contributed by atoms with Gasteiger partial charge in [0.15, 0.2) is 0 Å². The summed E-state index contributed by atoms with van der Waals surface area (Å²) in [6.45, 7) is 4.52. The Morgan fingerprint density at radius 1 is 1.31 bits per heavy atom. The highest BCUT2D eigenvalue weighted by Crippen LogP contribution is 2.44. The number of amides is 1. The molecule has 1 amide bonds. The van der Waals surface area contributed by atoms with E-state index in [0.29, 0.717) is 53.4 Å². The number of benzene rings is 1. The van der Waals surface area contributed by atoms with Crippen molar-refractivity contribution in [1.82, 2.24) is 14.6 Å². The van der Waals surface area contributed by atoms with Crippen LogP contribution in [-0.2, 0) is 17.4 Å². The van der Waals surface area contributed by atoms with Crippen LogP contribution >= 0.6 is 0 Å². The van der Waals surface area contributed by atoms with Gasteiger partial charge in [0.05, 0.1) is 29.3 Å². The summed E-state index contributed by atoms with van der Waals surface area (Å²) in [6.07, 6.45) is 3.93. The molecule has 2 aromatic heterocycles. The molecule has 1 fully saturated rings. The Hall–Kier alpha value is -3.22. The maximum Gasteiger partial charge on any atom is 0.255 e. The second kappa shape index (κ2) is 11.2. The number of nitrogens with one attached hydrogen (secondary N) is 1. The van der Waals surface area contributed by atoms with E-state index in [9.17, 15) is 13.2 Å². The third-order valence-electron chi connectivity index (χ3n) is 6.70. The van der Waals surface area contributed by atoms with Crippen LogP contribution in [0.4, 0.5) is 0 Å². The van der Waals surface area contributed by atoms with Crippen LogP contribution in [0.3, 0.4) is 0 Å². The summed E-state index contributed by atoms with van der Waals surface area (Å²) in [4.78, 5) is 17.7. The van der Waals surface area contributed by atoms with Crippen LogP contribution in [-0.4, -0.2) is 37.2 Å². The molecular weight excluding hydrogens is 476 g/mol. The Kier molecular flexibility index (Phi) is 8.07. The lowest BCUT2D eigenvalue weighted by Gasteiger charge is -2.18. The molecule has 1 unspecified atom stereocenters. The zero-order chi connectivity index (χ0) is 25.8. The smallest absolute Gasteiger partial charge is 0.255 e. The molecule has 8 nitrogen and oxygen atoms in total. The average molecular weight is 509 g/mol. The molecule has 0 aliphatic heterocycles. The highest BCUT2D eigenvalue weighted by Gasteiger charge is 2.31. The Labute approximate surface area is 213 Å². The fourth-order valence-corrected chi connectivity index (χ4v) is 5.03. The monoisotopic (exact) mass is 508 g/mol. The summed E-state index contributed by atoms with van der Waals surface area (Å²) in [7, 11) is -1.21. The van der Waals surface area contributed by atoms with Crippen LogP contribution in [0.5, 0.6) is 0 Å². The van der Waals surface area contributed by atoms with Gasteiger partial charge in [-0.3, -0.25) is 4.79 Å². The van der Waals surface area contributed by atoms with E-state index in [1.54, 1.807) is 7.05 Å². The fraction of sp³-hybridized carbons (Fsp3) is 0.444. The van der Waals surface area contributed by atoms with E-state index in [-0.39, 0.29) is 18.4 Å². The molecule has 0 radical (unpaired) electrons. The Morgan fingerprint density at radius 2 is 2.03 bits per heavy atom. The zero-order valence-corrected chi connectivity index (χ0v) is 21.8. The van der Waals surface area contributed by atoms with Crippen LogP contribution in [0.1, 0.15) is 72.1 Å². The SMILES string of the molecule is CNC(=O)c1c(-c2ccc(C)cc2)oc2nc(CN(CCCC(C)CC#N)[SH](=O)=O)c(C3CC3)cc12. The molecule has 1 atom stereocenters. The van der Waals surface area contributed by atoms with E-state index in [1.165, 1.54) is 4.31 Å². The number of hydrogen-bond acceptors (Lipinski definition) is 6. The normalized spacial score (nSPS) is 14.3. The summed E-state index contributed by atoms with van der Waals surface area (Å²) in [5, 5.41) is 12.2. The van der Waals surface area contributed by atoms with Gasteiger partial charge in [0, 0.05) is 25.6 Å². The van der Waals surface area contributed by atoms with Gasteiger partial charge in [0.2, 0.25) is 16.6 Å². The number of aryl methyl sites for hydroxylation is 1. The number of thiol groups is 1. The largest absolute Gasteiger partial charge is 0.437 e. The first-order valence-corrected chi connectivity index (χ1v) is 13.5. The predicted octanol–water partition coefficient (Wildman–Crippen LogP) is 4.70. The zero-order valence-electron chi connectivity index (χ0n) is 20.9.